The maximum atomic E-state index is 6.03. The van der Waals surface area contributed by atoms with E-state index in [1.165, 1.54) is 0 Å². The molecule has 0 bridgehead atoms. The topological polar surface area (TPSA) is 25.6 Å². The third-order valence-electron chi connectivity index (χ3n) is 2.17. The summed E-state index contributed by atoms with van der Waals surface area (Å²) in [4.78, 5) is 0. The SMILES string of the molecule is [NH2+]=C(c1ccccc1)c1ccccc1. The Morgan fingerprint density at radius 2 is 1.00 bits per heavy atom. The average molecular weight is 182 g/mol. The molecule has 14 heavy (non-hydrogen) atoms. The van der Waals surface area contributed by atoms with Gasteiger partial charge in [0.25, 0.3) is 0 Å². The zero-order valence-electron chi connectivity index (χ0n) is 7.85. The van der Waals surface area contributed by atoms with E-state index >= 15 is 0 Å². The van der Waals surface area contributed by atoms with E-state index in [1.54, 1.807) is 0 Å². The first-order valence-electron chi connectivity index (χ1n) is 4.61. The summed E-state index contributed by atoms with van der Waals surface area (Å²) < 4.78 is 0. The van der Waals surface area contributed by atoms with E-state index in [1.807, 2.05) is 60.7 Å². The molecule has 0 spiro atoms. The molecule has 68 valence electrons. The van der Waals surface area contributed by atoms with E-state index in [2.05, 4.69) is 0 Å². The van der Waals surface area contributed by atoms with Crippen molar-refractivity contribution in [1.29, 1.82) is 0 Å². The van der Waals surface area contributed by atoms with Crippen molar-refractivity contribution in [2.45, 2.75) is 0 Å². The fraction of sp³-hybridized carbons (Fsp3) is 0. The van der Waals surface area contributed by atoms with Gasteiger partial charge in [-0.3, -0.25) is 5.41 Å². The molecule has 2 N–H and O–H groups in total. The molecule has 0 amide bonds. The minimum atomic E-state index is 0.825. The smallest absolute Gasteiger partial charge is 0.211 e. The molecule has 0 fully saturated rings. The molecule has 0 atom stereocenters. The average Bonchev–Trinajstić information content (AvgIpc) is 2.30. The lowest BCUT2D eigenvalue weighted by Gasteiger charge is -1.97. The molecule has 0 radical (unpaired) electrons. The Morgan fingerprint density at radius 1 is 0.643 bits per heavy atom. The first-order valence-corrected chi connectivity index (χ1v) is 4.61. The van der Waals surface area contributed by atoms with Gasteiger partial charge in [0.1, 0.15) is 0 Å². The summed E-state index contributed by atoms with van der Waals surface area (Å²) in [7, 11) is 0. The molecule has 2 aromatic carbocycles. The summed E-state index contributed by atoms with van der Waals surface area (Å²) in [6, 6.07) is 20.0. The summed E-state index contributed by atoms with van der Waals surface area (Å²) in [5.74, 6) is 0. The van der Waals surface area contributed by atoms with Crippen molar-refractivity contribution >= 4 is 5.71 Å². The van der Waals surface area contributed by atoms with Crippen molar-refractivity contribution in [2.24, 2.45) is 0 Å². The van der Waals surface area contributed by atoms with Crippen LogP contribution in [0.15, 0.2) is 60.7 Å². The van der Waals surface area contributed by atoms with Gasteiger partial charge in [0.2, 0.25) is 5.71 Å². The molecular weight excluding hydrogens is 170 g/mol. The van der Waals surface area contributed by atoms with E-state index < -0.39 is 0 Å². The Balaban J connectivity index is 2.35. The van der Waals surface area contributed by atoms with Gasteiger partial charge in [-0.05, 0) is 24.3 Å². The molecule has 0 aromatic heterocycles. The van der Waals surface area contributed by atoms with Crippen molar-refractivity contribution in [3.8, 4) is 0 Å². The maximum absolute atomic E-state index is 6.03. The van der Waals surface area contributed by atoms with Crippen molar-refractivity contribution in [2.75, 3.05) is 0 Å². The highest BCUT2D eigenvalue weighted by Gasteiger charge is 2.07. The minimum absolute atomic E-state index is 0.825. The van der Waals surface area contributed by atoms with Crippen LogP contribution in [0.2, 0.25) is 0 Å². The monoisotopic (exact) mass is 182 g/mol. The Labute approximate surface area is 83.5 Å². The van der Waals surface area contributed by atoms with E-state index in [9.17, 15) is 0 Å². The van der Waals surface area contributed by atoms with Crippen molar-refractivity contribution in [3.05, 3.63) is 71.8 Å². The Morgan fingerprint density at radius 3 is 1.36 bits per heavy atom. The molecule has 0 heterocycles. The third-order valence-corrected chi connectivity index (χ3v) is 2.17. The molecule has 0 saturated heterocycles. The van der Waals surface area contributed by atoms with Crippen molar-refractivity contribution in [3.63, 3.8) is 0 Å². The summed E-state index contributed by atoms with van der Waals surface area (Å²) in [6.07, 6.45) is 0. The van der Waals surface area contributed by atoms with Crippen LogP contribution in [-0.4, -0.2) is 5.71 Å². The number of benzene rings is 2. The molecule has 0 saturated carbocycles. The Hall–Kier alpha value is -1.89. The van der Waals surface area contributed by atoms with Crippen LogP contribution in [-0.2, 0) is 0 Å². The highest BCUT2D eigenvalue weighted by atomic mass is 14.4. The van der Waals surface area contributed by atoms with Crippen LogP contribution >= 0.6 is 0 Å². The fourth-order valence-electron chi connectivity index (χ4n) is 1.40. The van der Waals surface area contributed by atoms with Crippen LogP contribution in [0.3, 0.4) is 0 Å². The quantitative estimate of drug-likeness (QED) is 0.677. The van der Waals surface area contributed by atoms with Crippen LogP contribution in [0.4, 0.5) is 0 Å². The van der Waals surface area contributed by atoms with Crippen LogP contribution in [0.1, 0.15) is 11.1 Å². The molecule has 0 unspecified atom stereocenters. The predicted octanol–water partition coefficient (Wildman–Crippen LogP) is 1.28. The normalized spacial score (nSPS) is 9.71. The van der Waals surface area contributed by atoms with E-state index in [0.717, 1.165) is 16.8 Å². The zero-order valence-corrected chi connectivity index (χ0v) is 7.85. The Kier molecular flexibility index (Phi) is 2.41. The second-order valence-electron chi connectivity index (χ2n) is 3.15. The van der Waals surface area contributed by atoms with Gasteiger partial charge in [0.05, 0.1) is 0 Å². The van der Waals surface area contributed by atoms with Crippen LogP contribution in [0, 0.1) is 0 Å². The van der Waals surface area contributed by atoms with Crippen LogP contribution < -0.4 is 5.41 Å². The first-order chi connectivity index (χ1) is 6.88. The Bertz CT molecular complexity index is 376. The van der Waals surface area contributed by atoms with E-state index in [-0.39, 0.29) is 0 Å². The molecule has 2 aromatic rings. The zero-order chi connectivity index (χ0) is 9.80. The first kappa shape index (κ1) is 8.70. The van der Waals surface area contributed by atoms with Gasteiger partial charge in [-0.2, -0.15) is 0 Å². The lowest BCUT2D eigenvalue weighted by atomic mass is 10.0. The van der Waals surface area contributed by atoms with Gasteiger partial charge in [-0.15, -0.1) is 0 Å². The molecule has 1 heteroatoms. The molecule has 0 aliphatic carbocycles. The standard InChI is InChI=1S/C13H11N/c14-13(11-7-3-1-4-8-11)12-9-5-2-6-10-12/h1-10,14H/p+1. The number of rotatable bonds is 2. The lowest BCUT2D eigenvalue weighted by molar-refractivity contribution is -0.111. The van der Waals surface area contributed by atoms with E-state index in [4.69, 9.17) is 5.41 Å². The molecule has 0 aliphatic rings. The molecular formula is C13H12N+. The second-order valence-corrected chi connectivity index (χ2v) is 3.15. The summed E-state index contributed by atoms with van der Waals surface area (Å²) in [6.45, 7) is 0. The van der Waals surface area contributed by atoms with Gasteiger partial charge in [0, 0.05) is 11.1 Å². The summed E-state index contributed by atoms with van der Waals surface area (Å²) in [5, 5.41) is 6.03. The predicted molar refractivity (Wildman–Crippen MR) is 58.0 cm³/mol. The number of nitrogens with two attached hydrogens (primary N) is 1. The van der Waals surface area contributed by atoms with Crippen LogP contribution in [0.5, 0.6) is 0 Å². The molecule has 2 rings (SSSR count). The third kappa shape index (κ3) is 1.72. The molecule has 0 aliphatic heterocycles. The highest BCUT2D eigenvalue weighted by molar-refractivity contribution is 6.08. The van der Waals surface area contributed by atoms with Gasteiger partial charge in [-0.1, -0.05) is 36.4 Å². The van der Waals surface area contributed by atoms with Crippen LogP contribution in [0.25, 0.3) is 0 Å². The molecule has 1 nitrogen and oxygen atoms in total. The fourth-order valence-corrected chi connectivity index (χ4v) is 1.40. The van der Waals surface area contributed by atoms with Gasteiger partial charge in [-0.25, -0.2) is 0 Å². The highest BCUT2D eigenvalue weighted by Crippen LogP contribution is 2.06. The number of hydrogen-bond acceptors (Lipinski definition) is 0. The summed E-state index contributed by atoms with van der Waals surface area (Å²) >= 11 is 0. The van der Waals surface area contributed by atoms with Gasteiger partial charge < -0.3 is 0 Å². The summed E-state index contributed by atoms with van der Waals surface area (Å²) in [5.41, 5.74) is 2.96. The lowest BCUT2D eigenvalue weighted by Crippen LogP contribution is -2.40. The van der Waals surface area contributed by atoms with Gasteiger partial charge >= 0.3 is 0 Å². The minimum Gasteiger partial charge on any atom is -0.253 e. The van der Waals surface area contributed by atoms with Gasteiger partial charge in [0.15, 0.2) is 0 Å². The van der Waals surface area contributed by atoms with Crippen molar-refractivity contribution < 1.29 is 5.41 Å². The van der Waals surface area contributed by atoms with Crippen molar-refractivity contribution in [1.82, 2.24) is 0 Å². The largest absolute Gasteiger partial charge is 0.253 e. The second kappa shape index (κ2) is 3.88. The maximum Gasteiger partial charge on any atom is 0.211 e. The number of hydrogen-bond donors (Lipinski definition) is 1. The van der Waals surface area contributed by atoms with E-state index in [0.29, 0.717) is 0 Å².